The maximum absolute atomic E-state index is 13.2. The second kappa shape index (κ2) is 10.7. The van der Waals surface area contributed by atoms with Gasteiger partial charge >= 0.3 is 11.9 Å². The fourth-order valence-corrected chi connectivity index (χ4v) is 5.68. The number of amides is 2. The first-order valence-electron chi connectivity index (χ1n) is 11.6. The van der Waals surface area contributed by atoms with Crippen LogP contribution in [0.4, 0.5) is 10.9 Å². The first-order valence-corrected chi connectivity index (χ1v) is 13.4. The highest BCUT2D eigenvalue weighted by Gasteiger charge is 2.55. The van der Waals surface area contributed by atoms with Crippen molar-refractivity contribution in [2.45, 2.75) is 44.0 Å². The molecule has 17 nitrogen and oxygen atoms in total. The van der Waals surface area contributed by atoms with Crippen LogP contribution in [0, 0.1) is 0 Å². The van der Waals surface area contributed by atoms with E-state index < -0.39 is 46.5 Å². The molecule has 2 aliphatic rings. The number of thioether (sulfide) groups is 1. The number of carbonyl (C=O) groups is 4. The van der Waals surface area contributed by atoms with E-state index in [0.717, 1.165) is 16.4 Å². The van der Waals surface area contributed by atoms with Gasteiger partial charge < -0.3 is 37.6 Å². The van der Waals surface area contributed by atoms with Crippen molar-refractivity contribution in [1.29, 1.82) is 0 Å². The molecule has 2 aromatic rings. The Hall–Kier alpha value is -4.23. The van der Waals surface area contributed by atoms with Gasteiger partial charge in [-0.25, -0.2) is 9.59 Å². The summed E-state index contributed by atoms with van der Waals surface area (Å²) in [4.78, 5) is 60.0. The van der Waals surface area contributed by atoms with Crippen LogP contribution in [0.15, 0.2) is 22.6 Å². The number of carboxylic acid groups (broad SMARTS) is 2. The smallest absolute Gasteiger partial charge is 0.352 e. The van der Waals surface area contributed by atoms with E-state index in [4.69, 9.17) is 22.0 Å². The molecule has 4 rings (SSSR count). The maximum atomic E-state index is 13.2. The summed E-state index contributed by atoms with van der Waals surface area (Å²) in [6.07, 6.45) is 1.72. The standard InChI is InChI=1S/C21H26N10O7S2/c1-21(2,19(36)37)38-27-10(14-26-20(24)40-28-14)15(32)25-11-16(33)31-12(18(34)35)9(7-39-17(11)31)6-30-5-8(4-22)13(23)29(30)3/h5,11,17,23H,4,6-7,22H2,1-3H3,(H5,24,25,26,28,32,34,35,36,37)/p+1/b27-10-/t11-,17-/m1/s1. The number of carbonyl (C=O) groups excluding carboxylic acids is 2. The van der Waals surface area contributed by atoms with Gasteiger partial charge in [-0.2, -0.15) is 9.36 Å². The molecule has 0 saturated carbocycles. The first kappa shape index (κ1) is 28.8. The summed E-state index contributed by atoms with van der Waals surface area (Å²) in [6.45, 7) is 2.79. The SMILES string of the molecule is Cn1c(N)c(CN)c[n+]1CC1=C(C(=O)O)N2C(=O)[C@@H](NC(=O)/C(=N\OC(C)(C)C(=O)O)c3nsc(N)n3)[C@H]2SC1. The topological polar surface area (TPSA) is 258 Å². The highest BCUT2D eigenvalue weighted by Crippen LogP contribution is 2.40. The number of β-lactam (4-membered cyclic amide) rings is 1. The Labute approximate surface area is 234 Å². The van der Waals surface area contributed by atoms with Gasteiger partial charge in [-0.1, -0.05) is 5.16 Å². The number of hydrogen-bond donors (Lipinski definition) is 6. The Balaban J connectivity index is 1.57. The summed E-state index contributed by atoms with van der Waals surface area (Å²) in [7, 11) is 1.71. The van der Waals surface area contributed by atoms with Crippen molar-refractivity contribution < 1.29 is 38.9 Å². The van der Waals surface area contributed by atoms with Crippen LogP contribution in [0.25, 0.3) is 0 Å². The minimum atomic E-state index is -1.79. The van der Waals surface area contributed by atoms with E-state index in [2.05, 4.69) is 19.8 Å². The lowest BCUT2D eigenvalue weighted by Gasteiger charge is -2.49. The third kappa shape index (κ3) is 5.17. The summed E-state index contributed by atoms with van der Waals surface area (Å²) in [5.41, 5.74) is 16.1. The van der Waals surface area contributed by atoms with Crippen LogP contribution >= 0.6 is 23.3 Å². The number of nitrogen functional groups attached to an aromatic ring is 2. The van der Waals surface area contributed by atoms with Crippen LogP contribution in [0.5, 0.6) is 0 Å². The van der Waals surface area contributed by atoms with Gasteiger partial charge in [0.25, 0.3) is 11.8 Å². The molecule has 9 N–H and O–H groups in total. The molecule has 2 amide bonds. The quantitative estimate of drug-likeness (QED) is 0.0739. The lowest BCUT2D eigenvalue weighted by atomic mass is 10.0. The van der Waals surface area contributed by atoms with Crippen LogP contribution in [0.1, 0.15) is 25.2 Å². The third-order valence-electron chi connectivity index (χ3n) is 6.23. The number of aromatic nitrogens is 4. The Bertz CT molecular complexity index is 1460. The maximum Gasteiger partial charge on any atom is 0.352 e. The molecule has 0 radical (unpaired) electrons. The molecule has 2 aromatic heterocycles. The number of nitrogens with two attached hydrogens (primary N) is 3. The minimum absolute atomic E-state index is 0.0157. The lowest BCUT2D eigenvalue weighted by molar-refractivity contribution is -0.765. The first-order chi connectivity index (χ1) is 18.8. The molecule has 214 valence electrons. The number of hydrogen-bond acceptors (Lipinski definition) is 13. The van der Waals surface area contributed by atoms with Gasteiger partial charge in [-0.3, -0.25) is 14.5 Å². The molecule has 0 unspecified atom stereocenters. The van der Waals surface area contributed by atoms with Crippen molar-refractivity contribution in [1.82, 2.24) is 24.3 Å². The number of aliphatic carboxylic acids is 2. The van der Waals surface area contributed by atoms with E-state index in [0.29, 0.717) is 17.0 Å². The number of carboxylic acids is 2. The van der Waals surface area contributed by atoms with Crippen LogP contribution in [0.3, 0.4) is 0 Å². The lowest BCUT2D eigenvalue weighted by Crippen LogP contribution is -2.71. The van der Waals surface area contributed by atoms with Gasteiger partial charge in [-0.05, 0) is 13.8 Å². The van der Waals surface area contributed by atoms with Crippen molar-refractivity contribution in [2.75, 3.05) is 17.2 Å². The number of nitrogens with one attached hydrogen (secondary N) is 1. The second-order valence-corrected chi connectivity index (χ2v) is 11.2. The number of nitrogens with zero attached hydrogens (tertiary/aromatic N) is 6. The van der Waals surface area contributed by atoms with E-state index in [9.17, 15) is 29.4 Å². The average Bonchev–Trinajstić information content (AvgIpc) is 3.44. The van der Waals surface area contributed by atoms with Gasteiger partial charge in [0.2, 0.25) is 23.3 Å². The predicted molar refractivity (Wildman–Crippen MR) is 141 cm³/mol. The Morgan fingerprint density at radius 1 is 1.32 bits per heavy atom. The van der Waals surface area contributed by atoms with E-state index in [-0.39, 0.29) is 35.5 Å². The molecule has 40 heavy (non-hydrogen) atoms. The molecule has 0 spiro atoms. The van der Waals surface area contributed by atoms with E-state index in [1.807, 2.05) is 0 Å². The van der Waals surface area contributed by atoms with E-state index >= 15 is 0 Å². The van der Waals surface area contributed by atoms with Gasteiger partial charge in [0.15, 0.2) is 17.5 Å². The number of fused-ring (bicyclic) bond motifs is 1. The van der Waals surface area contributed by atoms with Crippen molar-refractivity contribution in [3.8, 4) is 0 Å². The normalized spacial score (nSPS) is 19.2. The zero-order valence-corrected chi connectivity index (χ0v) is 23.2. The summed E-state index contributed by atoms with van der Waals surface area (Å²) in [5.74, 6) is -3.78. The molecule has 0 aliphatic carbocycles. The molecule has 19 heteroatoms. The van der Waals surface area contributed by atoms with Crippen LogP contribution in [-0.4, -0.2) is 81.4 Å². The van der Waals surface area contributed by atoms with Gasteiger partial charge in [0.05, 0.1) is 12.6 Å². The zero-order valence-electron chi connectivity index (χ0n) is 21.5. The monoisotopic (exact) mass is 595 g/mol. The molecule has 2 aliphatic heterocycles. The molecule has 1 saturated heterocycles. The fourth-order valence-electron chi connectivity index (χ4n) is 3.91. The molecule has 1 fully saturated rings. The van der Waals surface area contributed by atoms with Crippen molar-refractivity contribution in [3.05, 3.63) is 28.9 Å². The fraction of sp³-hybridized carbons (Fsp3) is 0.429. The molecular weight excluding hydrogens is 568 g/mol. The Morgan fingerprint density at radius 3 is 2.58 bits per heavy atom. The second-order valence-electron chi connectivity index (χ2n) is 9.29. The predicted octanol–water partition coefficient (Wildman–Crippen LogP) is -2.19. The highest BCUT2D eigenvalue weighted by atomic mass is 32.2. The number of anilines is 2. The van der Waals surface area contributed by atoms with Crippen LogP contribution in [-0.2, 0) is 44.2 Å². The summed E-state index contributed by atoms with van der Waals surface area (Å²) in [5, 5.41) is 24.7. The van der Waals surface area contributed by atoms with E-state index in [1.165, 1.54) is 25.6 Å². The zero-order chi connectivity index (χ0) is 29.5. The van der Waals surface area contributed by atoms with Gasteiger partial charge in [0.1, 0.15) is 17.1 Å². The molecule has 2 atom stereocenters. The summed E-state index contributed by atoms with van der Waals surface area (Å²) < 4.78 is 7.26. The Morgan fingerprint density at radius 2 is 2.02 bits per heavy atom. The summed E-state index contributed by atoms with van der Waals surface area (Å²) in [6, 6.07) is -1.11. The van der Waals surface area contributed by atoms with Crippen LogP contribution in [0.2, 0.25) is 0 Å². The van der Waals surface area contributed by atoms with Crippen molar-refractivity contribution in [3.63, 3.8) is 0 Å². The molecular formula is C21H27N10O7S2+. The van der Waals surface area contributed by atoms with Crippen molar-refractivity contribution in [2.24, 2.45) is 17.9 Å². The Kier molecular flexibility index (Phi) is 7.72. The van der Waals surface area contributed by atoms with Gasteiger partial charge in [-0.15, -0.1) is 21.1 Å². The summed E-state index contributed by atoms with van der Waals surface area (Å²) >= 11 is 2.03. The number of oxime groups is 1. The minimum Gasteiger partial charge on any atom is -0.478 e. The van der Waals surface area contributed by atoms with E-state index in [1.54, 1.807) is 22.6 Å². The molecule has 4 heterocycles. The molecule has 0 aromatic carbocycles. The number of rotatable bonds is 10. The largest absolute Gasteiger partial charge is 0.478 e. The molecule has 0 bridgehead atoms. The van der Waals surface area contributed by atoms with Crippen molar-refractivity contribution >= 4 is 63.7 Å². The van der Waals surface area contributed by atoms with Gasteiger partial charge in [0, 0.05) is 29.4 Å². The highest BCUT2D eigenvalue weighted by molar-refractivity contribution is 8.00. The third-order valence-corrected chi connectivity index (χ3v) is 8.11. The van der Waals surface area contributed by atoms with Crippen LogP contribution < -0.4 is 27.2 Å². The average molecular weight is 596 g/mol.